The van der Waals surface area contributed by atoms with Crippen LogP contribution in [0.1, 0.15) is 33.6 Å². The molecule has 1 unspecified atom stereocenters. The Labute approximate surface area is 62.5 Å². The van der Waals surface area contributed by atoms with Crippen molar-refractivity contribution in [2.45, 2.75) is 39.2 Å². The van der Waals surface area contributed by atoms with E-state index in [1.165, 1.54) is 0 Å². The molecule has 0 aliphatic heterocycles. The van der Waals surface area contributed by atoms with Gasteiger partial charge in [-0.25, -0.2) is 0 Å². The maximum absolute atomic E-state index is 9.67. The molecule has 2 nitrogen and oxygen atoms in total. The maximum Gasteiger partial charge on any atom is 0.0797 e. The van der Waals surface area contributed by atoms with Crippen LogP contribution in [0.15, 0.2) is 0 Å². The molecule has 0 radical (unpaired) electrons. The van der Waals surface area contributed by atoms with E-state index in [9.17, 15) is 5.11 Å². The molecule has 0 aromatic carbocycles. The Balaban J connectivity index is 4.11. The van der Waals surface area contributed by atoms with Crippen molar-refractivity contribution in [1.29, 1.82) is 5.26 Å². The molecule has 1 atom stereocenters. The van der Waals surface area contributed by atoms with Gasteiger partial charge in [-0.1, -0.05) is 20.8 Å². The molecular weight excluding hydrogens is 126 g/mol. The van der Waals surface area contributed by atoms with E-state index >= 15 is 0 Å². The van der Waals surface area contributed by atoms with Crippen molar-refractivity contribution in [3.8, 4) is 6.07 Å². The SMILES string of the molecule is CCC(O)(CC#N)C(C)C. The summed E-state index contributed by atoms with van der Waals surface area (Å²) in [6.45, 7) is 5.76. The third-order valence-corrected chi connectivity index (χ3v) is 2.07. The molecular formula is C8H15NO. The summed E-state index contributed by atoms with van der Waals surface area (Å²) >= 11 is 0. The zero-order valence-electron chi connectivity index (χ0n) is 6.89. The van der Waals surface area contributed by atoms with Crippen molar-refractivity contribution in [2.24, 2.45) is 5.92 Å². The highest BCUT2D eigenvalue weighted by Gasteiger charge is 2.27. The molecule has 0 aliphatic carbocycles. The molecule has 0 aromatic rings. The van der Waals surface area contributed by atoms with E-state index in [4.69, 9.17) is 5.26 Å². The highest BCUT2D eigenvalue weighted by molar-refractivity contribution is 4.89. The molecule has 0 aromatic heterocycles. The first kappa shape index (κ1) is 9.45. The minimum atomic E-state index is -0.769. The molecule has 0 heterocycles. The van der Waals surface area contributed by atoms with Gasteiger partial charge in [0.2, 0.25) is 0 Å². The second kappa shape index (κ2) is 3.58. The molecule has 0 saturated heterocycles. The fourth-order valence-corrected chi connectivity index (χ4v) is 0.874. The first-order valence-electron chi connectivity index (χ1n) is 3.66. The Hall–Kier alpha value is -0.550. The van der Waals surface area contributed by atoms with Crippen molar-refractivity contribution in [2.75, 3.05) is 0 Å². The minimum absolute atomic E-state index is 0.164. The van der Waals surface area contributed by atoms with Crippen molar-refractivity contribution < 1.29 is 5.11 Å². The lowest BCUT2D eigenvalue weighted by molar-refractivity contribution is -0.00418. The second-order valence-electron chi connectivity index (χ2n) is 2.95. The summed E-state index contributed by atoms with van der Waals surface area (Å²) in [4.78, 5) is 0. The summed E-state index contributed by atoms with van der Waals surface area (Å²) in [6, 6.07) is 1.99. The molecule has 1 N–H and O–H groups in total. The molecule has 0 rings (SSSR count). The van der Waals surface area contributed by atoms with E-state index in [1.807, 2.05) is 26.8 Å². The van der Waals surface area contributed by atoms with E-state index < -0.39 is 5.60 Å². The highest BCUT2D eigenvalue weighted by Crippen LogP contribution is 2.23. The molecule has 2 heteroatoms. The van der Waals surface area contributed by atoms with Gasteiger partial charge in [0, 0.05) is 0 Å². The standard InChI is InChI=1S/C8H15NO/c1-4-8(10,5-6-9)7(2)3/h7,10H,4-5H2,1-3H3. The summed E-state index contributed by atoms with van der Waals surface area (Å²) in [5.41, 5.74) is -0.769. The van der Waals surface area contributed by atoms with Gasteiger partial charge in [-0.05, 0) is 12.3 Å². The van der Waals surface area contributed by atoms with Gasteiger partial charge < -0.3 is 5.11 Å². The number of rotatable bonds is 3. The van der Waals surface area contributed by atoms with Crippen LogP contribution in [0.25, 0.3) is 0 Å². The predicted octanol–water partition coefficient (Wildman–Crippen LogP) is 1.70. The van der Waals surface area contributed by atoms with E-state index in [2.05, 4.69) is 0 Å². The number of nitrogens with zero attached hydrogens (tertiary/aromatic N) is 1. The molecule has 0 spiro atoms. The predicted molar refractivity (Wildman–Crippen MR) is 40.3 cm³/mol. The number of aliphatic hydroxyl groups is 1. The van der Waals surface area contributed by atoms with E-state index in [0.717, 1.165) is 0 Å². The van der Waals surface area contributed by atoms with Crippen LogP contribution in [0.2, 0.25) is 0 Å². The average Bonchev–Trinajstić information content (AvgIpc) is 1.88. The highest BCUT2D eigenvalue weighted by atomic mass is 16.3. The van der Waals surface area contributed by atoms with Gasteiger partial charge in [0.15, 0.2) is 0 Å². The van der Waals surface area contributed by atoms with Crippen LogP contribution in [-0.2, 0) is 0 Å². The molecule has 58 valence electrons. The lowest BCUT2D eigenvalue weighted by Crippen LogP contribution is -2.33. The lowest BCUT2D eigenvalue weighted by Gasteiger charge is -2.27. The van der Waals surface area contributed by atoms with Crippen molar-refractivity contribution in [3.05, 3.63) is 0 Å². The van der Waals surface area contributed by atoms with E-state index in [-0.39, 0.29) is 12.3 Å². The van der Waals surface area contributed by atoms with Crippen LogP contribution in [0, 0.1) is 17.2 Å². The van der Waals surface area contributed by atoms with Gasteiger partial charge in [-0.3, -0.25) is 0 Å². The first-order chi connectivity index (χ1) is 4.56. The van der Waals surface area contributed by atoms with Gasteiger partial charge in [-0.2, -0.15) is 5.26 Å². The average molecular weight is 141 g/mol. The zero-order valence-corrected chi connectivity index (χ0v) is 6.89. The number of hydrogen-bond acceptors (Lipinski definition) is 2. The second-order valence-corrected chi connectivity index (χ2v) is 2.95. The summed E-state index contributed by atoms with van der Waals surface area (Å²) in [7, 11) is 0. The minimum Gasteiger partial charge on any atom is -0.389 e. The first-order valence-corrected chi connectivity index (χ1v) is 3.66. The molecule has 0 amide bonds. The summed E-state index contributed by atoms with van der Waals surface area (Å²) in [5.74, 6) is 0.164. The fourth-order valence-electron chi connectivity index (χ4n) is 0.874. The summed E-state index contributed by atoms with van der Waals surface area (Å²) in [5, 5.41) is 18.0. The van der Waals surface area contributed by atoms with Gasteiger partial charge in [0.05, 0.1) is 18.1 Å². The number of nitriles is 1. The number of hydrogen-bond donors (Lipinski definition) is 1. The van der Waals surface area contributed by atoms with Crippen molar-refractivity contribution in [1.82, 2.24) is 0 Å². The Morgan fingerprint density at radius 1 is 1.60 bits per heavy atom. The smallest absolute Gasteiger partial charge is 0.0797 e. The monoisotopic (exact) mass is 141 g/mol. The summed E-state index contributed by atoms with van der Waals surface area (Å²) < 4.78 is 0. The normalized spacial score (nSPS) is 16.4. The molecule has 0 aliphatic rings. The molecule has 0 bridgehead atoms. The molecule has 10 heavy (non-hydrogen) atoms. The molecule has 0 fully saturated rings. The van der Waals surface area contributed by atoms with Crippen molar-refractivity contribution >= 4 is 0 Å². The Morgan fingerprint density at radius 2 is 2.10 bits per heavy atom. The van der Waals surface area contributed by atoms with Gasteiger partial charge in [0.25, 0.3) is 0 Å². The Kier molecular flexibility index (Phi) is 3.38. The Bertz CT molecular complexity index is 137. The third-order valence-electron chi connectivity index (χ3n) is 2.07. The Morgan fingerprint density at radius 3 is 2.20 bits per heavy atom. The van der Waals surface area contributed by atoms with Crippen LogP contribution in [-0.4, -0.2) is 10.7 Å². The maximum atomic E-state index is 9.67. The van der Waals surface area contributed by atoms with Gasteiger partial charge >= 0.3 is 0 Å². The third kappa shape index (κ3) is 2.00. The van der Waals surface area contributed by atoms with Gasteiger partial charge in [-0.15, -0.1) is 0 Å². The van der Waals surface area contributed by atoms with Gasteiger partial charge in [0.1, 0.15) is 0 Å². The van der Waals surface area contributed by atoms with Crippen molar-refractivity contribution in [3.63, 3.8) is 0 Å². The topological polar surface area (TPSA) is 44.0 Å². The van der Waals surface area contributed by atoms with Crippen LogP contribution in [0.4, 0.5) is 0 Å². The largest absolute Gasteiger partial charge is 0.389 e. The molecule has 0 saturated carbocycles. The van der Waals surface area contributed by atoms with E-state index in [1.54, 1.807) is 0 Å². The van der Waals surface area contributed by atoms with Crippen LogP contribution in [0.3, 0.4) is 0 Å². The zero-order chi connectivity index (χ0) is 8.20. The van der Waals surface area contributed by atoms with Crippen LogP contribution in [0.5, 0.6) is 0 Å². The van der Waals surface area contributed by atoms with Crippen LogP contribution >= 0.6 is 0 Å². The van der Waals surface area contributed by atoms with Crippen LogP contribution < -0.4 is 0 Å². The summed E-state index contributed by atoms with van der Waals surface area (Å²) in [6.07, 6.45) is 0.888. The fraction of sp³-hybridized carbons (Fsp3) is 0.875. The van der Waals surface area contributed by atoms with E-state index in [0.29, 0.717) is 6.42 Å². The lowest BCUT2D eigenvalue weighted by atomic mass is 9.85. The quantitative estimate of drug-likeness (QED) is 0.650.